The first-order valence-corrected chi connectivity index (χ1v) is 41.9. The van der Waals surface area contributed by atoms with Crippen molar-refractivity contribution in [3.8, 4) is 0 Å². The van der Waals surface area contributed by atoms with E-state index in [1.165, 1.54) is 380 Å². The largest absolute Gasteiger partial charge is 2.00 e. The molecule has 0 unspecified atom stereocenters. The Morgan fingerprint density at radius 1 is 0.301 bits per heavy atom. The molecule has 3 heteroatoms. The van der Waals surface area contributed by atoms with Gasteiger partial charge in [0, 0.05) is 22.3 Å². The summed E-state index contributed by atoms with van der Waals surface area (Å²) in [5.74, 6) is 0. The average molecular weight is 1330 g/mol. The van der Waals surface area contributed by atoms with E-state index >= 15 is 0 Å². The molecule has 2 aromatic carbocycles. The third kappa shape index (κ3) is 52.5. The Bertz CT molecular complexity index is 1910. The van der Waals surface area contributed by atoms with Crippen molar-refractivity contribution in [2.24, 2.45) is 0 Å². The smallest absolute Gasteiger partial charge is 0.493 e. The van der Waals surface area contributed by atoms with E-state index in [9.17, 15) is 5.53 Å². The number of nitrogens with zero attached hydrogens (tertiary/aromatic N) is 2. The summed E-state index contributed by atoms with van der Waals surface area (Å²) in [4.78, 5) is 0. The monoisotopic (exact) mass is 1330 g/mol. The maximum absolute atomic E-state index is 12.3. The molecule has 0 atom stereocenters. The summed E-state index contributed by atoms with van der Waals surface area (Å²) < 4.78 is 1.62. The zero-order valence-corrected chi connectivity index (χ0v) is 64.6. The van der Waals surface area contributed by atoms with E-state index < -0.39 is 0 Å². The summed E-state index contributed by atoms with van der Waals surface area (Å²) in [6, 6.07) is 18.0. The van der Waals surface area contributed by atoms with Crippen LogP contribution >= 0.6 is 0 Å². The first kappa shape index (κ1) is 90.8. The second kappa shape index (κ2) is 72.5. The molecule has 1 heterocycles. The number of unbranched alkanes of at least 4 members (excludes halogenated alkanes) is 53. The number of hydrogen-bond donors (Lipinski definition) is 0. The molecule has 93 heavy (non-hydrogen) atoms. The molecule has 1 aliphatic heterocycles. The zero-order chi connectivity index (χ0) is 66.5. The Morgan fingerprint density at radius 2 is 0.613 bits per heavy atom. The van der Waals surface area contributed by atoms with Crippen LogP contribution in [0.2, 0.25) is 0 Å². The predicted octanol–water partition coefficient (Wildman–Crippen LogP) is 32.4. The minimum atomic E-state index is 0. The minimum Gasteiger partial charge on any atom is -0.493 e. The molecular formula is C90H160N2Ni. The van der Waals surface area contributed by atoms with Crippen LogP contribution in [-0.4, -0.2) is 4.70 Å². The summed E-state index contributed by atoms with van der Waals surface area (Å²) in [6.45, 7) is 21.5. The van der Waals surface area contributed by atoms with Gasteiger partial charge in [0.25, 0.3) is 0 Å². The van der Waals surface area contributed by atoms with E-state index in [0.29, 0.717) is 0 Å². The molecule has 0 saturated carbocycles. The van der Waals surface area contributed by atoms with Crippen molar-refractivity contribution in [1.29, 1.82) is 0 Å². The fourth-order valence-electron chi connectivity index (χ4n) is 13.8. The average Bonchev–Trinajstić information content (AvgIpc) is 1.61. The SMILES string of the molecule is CCCCCCCCCCCCCCCCCC=CCCCc1ccccc1C1=C(CCCC)C(CCCCCCCC)=C(c2cccc(CCCC)c2)[N+]1=[N-].[CH2-]CCCCCCCCCCCCCCCCC.[CH2-]CCCCCCCCCCCCCCCCC.[Ni+2]. The molecule has 2 nitrogen and oxygen atoms in total. The van der Waals surface area contributed by atoms with E-state index in [-0.39, 0.29) is 16.5 Å². The molecule has 3 rings (SSSR count). The van der Waals surface area contributed by atoms with Crippen LogP contribution in [0.5, 0.6) is 0 Å². The van der Waals surface area contributed by atoms with Crippen molar-refractivity contribution in [2.75, 3.05) is 0 Å². The van der Waals surface area contributed by atoms with E-state index in [1.807, 2.05) is 0 Å². The normalized spacial score (nSPS) is 12.3. The van der Waals surface area contributed by atoms with Crippen molar-refractivity contribution >= 4 is 11.4 Å². The molecule has 0 fully saturated rings. The van der Waals surface area contributed by atoms with Crippen LogP contribution in [-0.2, 0) is 29.3 Å². The predicted molar refractivity (Wildman–Crippen MR) is 418 cm³/mol. The van der Waals surface area contributed by atoms with Crippen molar-refractivity contribution in [3.63, 3.8) is 0 Å². The van der Waals surface area contributed by atoms with Crippen molar-refractivity contribution in [3.05, 3.63) is 113 Å². The number of hydrogen-bond acceptors (Lipinski definition) is 0. The number of aryl methyl sites for hydroxylation is 2. The van der Waals surface area contributed by atoms with Crippen molar-refractivity contribution < 1.29 is 21.2 Å². The van der Waals surface area contributed by atoms with Gasteiger partial charge in [0.2, 0.25) is 11.4 Å². The van der Waals surface area contributed by atoms with E-state index in [0.717, 1.165) is 75.6 Å². The van der Waals surface area contributed by atoms with Gasteiger partial charge in [-0.1, -0.05) is 411 Å². The van der Waals surface area contributed by atoms with Crippen LogP contribution in [0.15, 0.2) is 71.8 Å². The van der Waals surface area contributed by atoms with Crippen molar-refractivity contribution in [1.82, 2.24) is 0 Å². The van der Waals surface area contributed by atoms with Gasteiger partial charge in [-0.15, -0.1) is 0 Å². The van der Waals surface area contributed by atoms with Crippen molar-refractivity contribution in [2.45, 2.75) is 452 Å². The van der Waals surface area contributed by atoms with Gasteiger partial charge in [0.05, 0.1) is 0 Å². The van der Waals surface area contributed by atoms with Gasteiger partial charge in [-0.05, 0) is 100.0 Å². The summed E-state index contributed by atoms with van der Waals surface area (Å²) >= 11 is 0. The van der Waals surface area contributed by atoms with E-state index in [1.54, 1.807) is 4.70 Å². The van der Waals surface area contributed by atoms with Gasteiger partial charge < -0.3 is 19.4 Å². The Hall–Kier alpha value is -2.25. The van der Waals surface area contributed by atoms with Gasteiger partial charge in [0.15, 0.2) is 0 Å². The summed E-state index contributed by atoms with van der Waals surface area (Å²) in [6.07, 6.45) is 91.9. The third-order valence-corrected chi connectivity index (χ3v) is 19.9. The molecule has 0 saturated heterocycles. The molecule has 0 amide bonds. The van der Waals surface area contributed by atoms with E-state index in [2.05, 4.69) is 116 Å². The first-order chi connectivity index (χ1) is 45.5. The van der Waals surface area contributed by atoms with Crippen LogP contribution in [0.25, 0.3) is 16.9 Å². The molecular weight excluding hydrogens is 1170 g/mol. The molecule has 0 aliphatic carbocycles. The molecule has 2 aromatic rings. The number of benzene rings is 2. The molecule has 0 N–H and O–H groups in total. The summed E-state index contributed by atoms with van der Waals surface area (Å²) in [5, 5.41) is 0. The Kier molecular flexibility index (Phi) is 70.7. The third-order valence-electron chi connectivity index (χ3n) is 19.9. The van der Waals surface area contributed by atoms with Crippen LogP contribution in [0, 0.1) is 13.8 Å². The molecule has 540 valence electrons. The Balaban J connectivity index is 0.00000186. The van der Waals surface area contributed by atoms with Crippen LogP contribution in [0.1, 0.15) is 462 Å². The Labute approximate surface area is 594 Å². The van der Waals surface area contributed by atoms with Gasteiger partial charge in [-0.3, -0.25) is 0 Å². The molecule has 0 spiro atoms. The van der Waals surface area contributed by atoms with Crippen LogP contribution in [0.3, 0.4) is 0 Å². The second-order valence-electron chi connectivity index (χ2n) is 28.8. The Morgan fingerprint density at radius 3 is 1.00 bits per heavy atom. The van der Waals surface area contributed by atoms with Gasteiger partial charge in [-0.25, -0.2) is 4.70 Å². The standard InChI is InChI=1S/C54H86N2.2C18H37.Ni/c1-5-9-13-15-17-18-19-20-21-22-23-24-25-26-27-28-29-30-31-33-40-48-41-35-36-44-50(48)54-52(43-12-8-4)51(45-34-32-16-14-10-6-2)53(56(54)55)49-42-37-39-47(46-49)38-11-7-3;2*1-3-5-7-9-11-13-15-17-18-16-14-12-10-8-6-4-2;/h29-30,35-37,39,41-42,44,46H,5-28,31-34,38,40,43,45H2,1-4H3;2*1,3-18H2,2H3;/q;2*-1;+2. The summed E-state index contributed by atoms with van der Waals surface area (Å²) in [7, 11) is 0. The van der Waals surface area contributed by atoms with Crippen LogP contribution < -0.4 is 0 Å². The topological polar surface area (TPSA) is 25.3 Å². The fraction of sp³-hybridized carbons (Fsp3) is 0.778. The van der Waals surface area contributed by atoms with Gasteiger partial charge in [-0.2, -0.15) is 12.8 Å². The molecule has 0 bridgehead atoms. The zero-order valence-electron chi connectivity index (χ0n) is 63.7. The fourth-order valence-corrected chi connectivity index (χ4v) is 13.8. The second-order valence-corrected chi connectivity index (χ2v) is 28.8. The first-order valence-electron chi connectivity index (χ1n) is 41.9. The number of rotatable bonds is 65. The van der Waals surface area contributed by atoms with Gasteiger partial charge in [0.1, 0.15) is 0 Å². The maximum Gasteiger partial charge on any atom is 2.00 e. The number of allylic oxidation sites excluding steroid dienone is 4. The van der Waals surface area contributed by atoms with E-state index in [4.69, 9.17) is 0 Å². The van der Waals surface area contributed by atoms with Crippen LogP contribution in [0.4, 0.5) is 0 Å². The molecule has 0 radical (unpaired) electrons. The quantitative estimate of drug-likeness (QED) is 0.0207. The van der Waals surface area contributed by atoms with Gasteiger partial charge >= 0.3 is 16.5 Å². The molecule has 0 aromatic heterocycles. The maximum atomic E-state index is 12.3. The summed E-state index contributed by atoms with van der Waals surface area (Å²) in [5.41, 5.74) is 22.3. The molecule has 1 aliphatic rings. The minimum absolute atomic E-state index is 0.